The Balaban J connectivity index is 1.90. The quantitative estimate of drug-likeness (QED) is 0.370. The maximum atomic E-state index is 11.9. The van der Waals surface area contributed by atoms with E-state index in [-0.39, 0.29) is 28.1 Å². The molecule has 0 aliphatic heterocycles. The highest BCUT2D eigenvalue weighted by Gasteiger charge is 2.13. The Morgan fingerprint density at radius 3 is 2.46 bits per heavy atom. The van der Waals surface area contributed by atoms with Crippen molar-refractivity contribution in [2.45, 2.75) is 0 Å². The number of nitrogens with zero attached hydrogens (tertiary/aromatic N) is 1. The van der Waals surface area contributed by atoms with Crippen molar-refractivity contribution in [2.24, 2.45) is 5.10 Å². The van der Waals surface area contributed by atoms with E-state index in [9.17, 15) is 19.8 Å². The van der Waals surface area contributed by atoms with E-state index in [4.69, 9.17) is 11.6 Å². The summed E-state index contributed by atoms with van der Waals surface area (Å²) in [4.78, 5) is 23.6. The number of hydrogen-bond acceptors (Lipinski definition) is 5. The number of rotatable bonds is 5. The van der Waals surface area contributed by atoms with Crippen molar-refractivity contribution in [3.05, 3.63) is 55.4 Å². The average Bonchev–Trinajstić information content (AvgIpc) is 2.62. The monoisotopic (exact) mass is 503 g/mol. The lowest BCUT2D eigenvalue weighted by Crippen LogP contribution is -2.34. The van der Waals surface area contributed by atoms with E-state index in [0.29, 0.717) is 15.1 Å². The van der Waals surface area contributed by atoms with Gasteiger partial charge in [0.25, 0.3) is 11.8 Å². The number of halogens is 3. The number of phenolic OH excluding ortho intramolecular Hbond substituents is 2. The molecule has 0 fully saturated rings. The zero-order chi connectivity index (χ0) is 19.3. The Morgan fingerprint density at radius 2 is 1.81 bits per heavy atom. The van der Waals surface area contributed by atoms with Crippen molar-refractivity contribution in [3.8, 4) is 11.5 Å². The predicted molar refractivity (Wildman–Crippen MR) is 105 cm³/mol. The molecule has 0 heterocycles. The van der Waals surface area contributed by atoms with Gasteiger partial charge in [0.1, 0.15) is 16.0 Å². The van der Waals surface area contributed by atoms with Crippen LogP contribution in [0.3, 0.4) is 0 Å². The first kappa shape index (κ1) is 20.2. The molecule has 0 aliphatic carbocycles. The topological polar surface area (TPSA) is 111 Å². The smallest absolute Gasteiger partial charge is 0.259 e. The summed E-state index contributed by atoms with van der Waals surface area (Å²) in [5.41, 5.74) is 2.84. The van der Waals surface area contributed by atoms with Gasteiger partial charge in [0, 0.05) is 16.1 Å². The molecule has 0 aromatic heterocycles. The van der Waals surface area contributed by atoms with E-state index in [1.807, 2.05) is 0 Å². The highest BCUT2D eigenvalue weighted by Crippen LogP contribution is 2.40. The molecule has 0 radical (unpaired) electrons. The molecule has 2 aromatic rings. The van der Waals surface area contributed by atoms with Crippen LogP contribution in [0.2, 0.25) is 5.02 Å². The second kappa shape index (κ2) is 9.02. The molecule has 4 N–H and O–H groups in total. The van der Waals surface area contributed by atoms with Gasteiger partial charge in [-0.25, -0.2) is 5.43 Å². The first-order valence-electron chi connectivity index (χ1n) is 7.05. The van der Waals surface area contributed by atoms with Gasteiger partial charge in [-0.05, 0) is 62.2 Å². The van der Waals surface area contributed by atoms with E-state index in [1.54, 1.807) is 12.1 Å². The number of aromatic hydroxyl groups is 2. The molecule has 2 amide bonds. The van der Waals surface area contributed by atoms with Crippen LogP contribution in [-0.4, -0.2) is 34.8 Å². The van der Waals surface area contributed by atoms with Crippen molar-refractivity contribution in [2.75, 3.05) is 6.54 Å². The number of phenols is 2. The largest absolute Gasteiger partial charge is 0.506 e. The van der Waals surface area contributed by atoms with Crippen molar-refractivity contribution < 1.29 is 19.8 Å². The van der Waals surface area contributed by atoms with Gasteiger partial charge in [-0.1, -0.05) is 11.6 Å². The molecule has 0 unspecified atom stereocenters. The zero-order valence-electron chi connectivity index (χ0n) is 13.0. The fraction of sp³-hybridized carbons (Fsp3) is 0.0625. The number of amides is 2. The van der Waals surface area contributed by atoms with Crippen LogP contribution >= 0.6 is 43.5 Å². The molecular weight excluding hydrogens is 493 g/mol. The Hall–Kier alpha value is -2.10. The fourth-order valence-electron chi connectivity index (χ4n) is 1.79. The molecule has 10 heteroatoms. The first-order valence-corrected chi connectivity index (χ1v) is 9.01. The van der Waals surface area contributed by atoms with Gasteiger partial charge < -0.3 is 15.5 Å². The van der Waals surface area contributed by atoms with Crippen LogP contribution in [0, 0.1) is 0 Å². The van der Waals surface area contributed by atoms with E-state index < -0.39 is 11.8 Å². The minimum Gasteiger partial charge on any atom is -0.506 e. The van der Waals surface area contributed by atoms with Crippen LogP contribution in [0.1, 0.15) is 15.9 Å². The molecule has 136 valence electrons. The van der Waals surface area contributed by atoms with Gasteiger partial charge >= 0.3 is 0 Å². The molecule has 2 rings (SSSR count). The minimum absolute atomic E-state index is 0.0925. The average molecular weight is 506 g/mol. The molecule has 2 aromatic carbocycles. The van der Waals surface area contributed by atoms with Gasteiger partial charge in [0.15, 0.2) is 0 Å². The number of nitrogens with one attached hydrogen (secondary N) is 2. The summed E-state index contributed by atoms with van der Waals surface area (Å²) in [6.45, 7) is -0.284. The minimum atomic E-state index is -0.556. The van der Waals surface area contributed by atoms with Crippen LogP contribution in [0.4, 0.5) is 0 Å². The first-order chi connectivity index (χ1) is 12.3. The zero-order valence-corrected chi connectivity index (χ0v) is 16.9. The number of hydrogen-bond donors (Lipinski definition) is 4. The van der Waals surface area contributed by atoms with Crippen molar-refractivity contribution >= 4 is 61.5 Å². The predicted octanol–water partition coefficient (Wildman–Crippen LogP) is 3.16. The van der Waals surface area contributed by atoms with E-state index in [1.165, 1.54) is 24.4 Å². The standard InChI is InChI=1S/C16H12Br2ClN3O4/c17-11-5-9(14(24)13(18)15(11)25)6-21-22-12(23)7-20-16(26)8-1-3-10(19)4-2-8/h1-6,24-25H,7H2,(H,20,26)(H,22,23)/b21-6+. The van der Waals surface area contributed by atoms with E-state index >= 15 is 0 Å². The van der Waals surface area contributed by atoms with Crippen LogP contribution in [0.15, 0.2) is 44.4 Å². The van der Waals surface area contributed by atoms with Gasteiger partial charge in [-0.2, -0.15) is 5.10 Å². The van der Waals surface area contributed by atoms with Crippen LogP contribution in [0.5, 0.6) is 11.5 Å². The Labute approximate surface area is 170 Å². The summed E-state index contributed by atoms with van der Waals surface area (Å²) in [6.07, 6.45) is 1.20. The SMILES string of the molecule is O=C(CNC(=O)c1ccc(Cl)cc1)N/N=C/c1cc(Br)c(O)c(Br)c1O. The number of benzene rings is 2. The summed E-state index contributed by atoms with van der Waals surface area (Å²) < 4.78 is 0.431. The molecule has 0 bridgehead atoms. The van der Waals surface area contributed by atoms with E-state index in [2.05, 4.69) is 47.7 Å². The molecule has 26 heavy (non-hydrogen) atoms. The maximum Gasteiger partial charge on any atom is 0.259 e. The molecule has 0 saturated heterocycles. The molecule has 0 aliphatic rings. The number of carbonyl (C=O) groups is 2. The van der Waals surface area contributed by atoms with Crippen LogP contribution in [-0.2, 0) is 4.79 Å². The lowest BCUT2D eigenvalue weighted by Gasteiger charge is -2.06. The second-order valence-corrected chi connectivity index (χ2v) is 7.03. The molecule has 0 atom stereocenters. The summed E-state index contributed by atoms with van der Waals surface area (Å²) in [5, 5.41) is 26.2. The highest BCUT2D eigenvalue weighted by molar-refractivity contribution is 9.11. The van der Waals surface area contributed by atoms with Gasteiger partial charge in [0.2, 0.25) is 0 Å². The third-order valence-corrected chi connectivity index (χ3v) is 4.71. The Kier molecular flexibility index (Phi) is 7.01. The molecule has 0 saturated carbocycles. The van der Waals surface area contributed by atoms with Crippen molar-refractivity contribution in [3.63, 3.8) is 0 Å². The Morgan fingerprint density at radius 1 is 1.15 bits per heavy atom. The van der Waals surface area contributed by atoms with Crippen molar-refractivity contribution in [1.82, 2.24) is 10.7 Å². The summed E-state index contributed by atoms with van der Waals surface area (Å²) in [7, 11) is 0. The Bertz CT molecular complexity index is 873. The number of carbonyl (C=O) groups excluding carboxylic acids is 2. The van der Waals surface area contributed by atoms with Gasteiger partial charge in [-0.3, -0.25) is 9.59 Å². The summed E-state index contributed by atoms with van der Waals surface area (Å²) >= 11 is 11.9. The third kappa shape index (κ3) is 5.20. The lowest BCUT2D eigenvalue weighted by molar-refractivity contribution is -0.120. The van der Waals surface area contributed by atoms with Crippen LogP contribution in [0.25, 0.3) is 0 Å². The normalized spacial score (nSPS) is 10.7. The lowest BCUT2D eigenvalue weighted by atomic mass is 10.2. The summed E-state index contributed by atoms with van der Waals surface area (Å²) in [5.74, 6) is -1.38. The second-order valence-electron chi connectivity index (χ2n) is 4.94. The fourth-order valence-corrected chi connectivity index (χ4v) is 3.07. The number of hydrazone groups is 1. The van der Waals surface area contributed by atoms with Gasteiger partial charge in [0.05, 0.1) is 17.2 Å². The van der Waals surface area contributed by atoms with E-state index in [0.717, 1.165) is 0 Å². The van der Waals surface area contributed by atoms with Crippen molar-refractivity contribution in [1.29, 1.82) is 0 Å². The molecular formula is C16H12Br2ClN3O4. The molecule has 7 nitrogen and oxygen atoms in total. The van der Waals surface area contributed by atoms with Gasteiger partial charge in [-0.15, -0.1) is 0 Å². The highest BCUT2D eigenvalue weighted by atomic mass is 79.9. The van der Waals surface area contributed by atoms with Crippen LogP contribution < -0.4 is 10.7 Å². The maximum absolute atomic E-state index is 11.9. The molecule has 0 spiro atoms. The third-order valence-electron chi connectivity index (χ3n) is 3.11. The summed E-state index contributed by atoms with van der Waals surface area (Å²) in [6, 6.07) is 7.64.